The van der Waals surface area contributed by atoms with Crippen LogP contribution in [0.1, 0.15) is 57.3 Å². The number of pyridine rings is 1. The van der Waals surface area contributed by atoms with Crippen molar-refractivity contribution < 1.29 is 9.59 Å². The van der Waals surface area contributed by atoms with Gasteiger partial charge in [-0.3, -0.25) is 14.6 Å². The summed E-state index contributed by atoms with van der Waals surface area (Å²) in [6.07, 6.45) is 6.69. The standard InChI is InChI=1S/C25H26N4O2S/c1-17-5-7-20(25(31)28-11-3-2-4-12-28)23(27-17)18-9-13-29(14-10-18)24(30)19-6-8-21-22(15-19)32-16-26-21/h2-3,5-8,15-16,18H,4,9-14H2,1H3. The van der Waals surface area contributed by atoms with E-state index in [2.05, 4.69) is 17.1 Å². The Bertz CT molecular complexity index is 1190. The first-order valence-corrected chi connectivity index (χ1v) is 12.0. The topological polar surface area (TPSA) is 66.4 Å². The minimum Gasteiger partial charge on any atom is -0.339 e. The summed E-state index contributed by atoms with van der Waals surface area (Å²) in [4.78, 5) is 39.2. The predicted molar refractivity (Wildman–Crippen MR) is 126 cm³/mol. The van der Waals surface area contributed by atoms with E-state index in [4.69, 9.17) is 4.98 Å². The Morgan fingerprint density at radius 1 is 1.00 bits per heavy atom. The molecule has 2 aliphatic heterocycles. The molecule has 0 spiro atoms. The Morgan fingerprint density at radius 2 is 1.84 bits per heavy atom. The van der Waals surface area contributed by atoms with Crippen LogP contribution < -0.4 is 0 Å². The van der Waals surface area contributed by atoms with Crippen LogP contribution in [0.3, 0.4) is 0 Å². The molecule has 5 rings (SSSR count). The van der Waals surface area contributed by atoms with Crippen LogP contribution in [0.15, 0.2) is 48.0 Å². The van der Waals surface area contributed by atoms with Gasteiger partial charge in [-0.25, -0.2) is 4.98 Å². The van der Waals surface area contributed by atoms with Gasteiger partial charge in [-0.1, -0.05) is 12.2 Å². The Kier molecular flexibility index (Phi) is 5.74. The van der Waals surface area contributed by atoms with Crippen molar-refractivity contribution >= 4 is 33.4 Å². The molecular formula is C25H26N4O2S. The molecule has 1 saturated heterocycles. The van der Waals surface area contributed by atoms with Gasteiger partial charge in [-0.2, -0.15) is 0 Å². The van der Waals surface area contributed by atoms with Gasteiger partial charge in [0.2, 0.25) is 0 Å². The molecule has 0 saturated carbocycles. The number of amides is 2. The second-order valence-electron chi connectivity index (χ2n) is 8.50. The number of carbonyl (C=O) groups is 2. The fraction of sp³-hybridized carbons (Fsp3) is 0.360. The van der Waals surface area contributed by atoms with Crippen LogP contribution in [0.2, 0.25) is 0 Å². The third-order valence-electron chi connectivity index (χ3n) is 6.39. The minimum atomic E-state index is 0.0624. The van der Waals surface area contributed by atoms with Crippen molar-refractivity contribution in [2.24, 2.45) is 0 Å². The normalized spacial score (nSPS) is 17.2. The Balaban J connectivity index is 1.31. The molecule has 2 aromatic heterocycles. The third kappa shape index (κ3) is 4.05. The maximum absolute atomic E-state index is 13.2. The number of carbonyl (C=O) groups excluding carboxylic acids is 2. The first-order valence-electron chi connectivity index (χ1n) is 11.1. The fourth-order valence-electron chi connectivity index (χ4n) is 4.59. The first kappa shape index (κ1) is 20.8. The van der Waals surface area contributed by atoms with E-state index < -0.39 is 0 Å². The number of hydrogen-bond acceptors (Lipinski definition) is 5. The van der Waals surface area contributed by atoms with Crippen molar-refractivity contribution in [1.82, 2.24) is 19.8 Å². The van der Waals surface area contributed by atoms with Gasteiger partial charge in [0.25, 0.3) is 11.8 Å². The highest BCUT2D eigenvalue weighted by Gasteiger charge is 2.29. The van der Waals surface area contributed by atoms with E-state index in [0.29, 0.717) is 30.8 Å². The number of fused-ring (bicyclic) bond motifs is 1. The summed E-state index contributed by atoms with van der Waals surface area (Å²) in [6.45, 7) is 4.71. The molecule has 164 valence electrons. The molecule has 0 atom stereocenters. The highest BCUT2D eigenvalue weighted by molar-refractivity contribution is 7.16. The number of rotatable bonds is 3. The number of aromatic nitrogens is 2. The van der Waals surface area contributed by atoms with E-state index in [-0.39, 0.29) is 17.7 Å². The monoisotopic (exact) mass is 446 g/mol. The van der Waals surface area contributed by atoms with E-state index in [1.807, 2.05) is 47.1 Å². The molecule has 0 unspecified atom stereocenters. The smallest absolute Gasteiger partial charge is 0.256 e. The highest BCUT2D eigenvalue weighted by atomic mass is 32.1. The number of nitrogens with zero attached hydrogens (tertiary/aromatic N) is 4. The van der Waals surface area contributed by atoms with Gasteiger partial charge >= 0.3 is 0 Å². The third-order valence-corrected chi connectivity index (χ3v) is 7.18. The minimum absolute atomic E-state index is 0.0624. The number of piperidine rings is 1. The lowest BCUT2D eigenvalue weighted by molar-refractivity contribution is 0.0705. The Morgan fingerprint density at radius 3 is 2.62 bits per heavy atom. The lowest BCUT2D eigenvalue weighted by atomic mass is 9.89. The maximum atomic E-state index is 13.2. The second-order valence-corrected chi connectivity index (χ2v) is 9.38. The molecule has 2 aliphatic rings. The maximum Gasteiger partial charge on any atom is 0.256 e. The summed E-state index contributed by atoms with van der Waals surface area (Å²) < 4.78 is 1.03. The number of aryl methyl sites for hydroxylation is 1. The van der Waals surface area contributed by atoms with Gasteiger partial charge in [0.05, 0.1) is 27.0 Å². The van der Waals surface area contributed by atoms with Gasteiger partial charge in [-0.15, -0.1) is 11.3 Å². The molecule has 1 fully saturated rings. The summed E-state index contributed by atoms with van der Waals surface area (Å²) in [7, 11) is 0. The molecule has 3 aromatic rings. The fourth-order valence-corrected chi connectivity index (χ4v) is 5.31. The van der Waals surface area contributed by atoms with Crippen LogP contribution in [0.25, 0.3) is 10.2 Å². The van der Waals surface area contributed by atoms with Crippen LogP contribution >= 0.6 is 11.3 Å². The number of likely N-dealkylation sites (tertiary alicyclic amines) is 1. The van der Waals surface area contributed by atoms with Gasteiger partial charge in [-0.05, 0) is 56.5 Å². The van der Waals surface area contributed by atoms with Crippen LogP contribution in [0.4, 0.5) is 0 Å². The van der Waals surface area contributed by atoms with Gasteiger partial charge in [0.1, 0.15) is 0 Å². The zero-order chi connectivity index (χ0) is 22.1. The Labute approximate surface area is 191 Å². The lowest BCUT2D eigenvalue weighted by Gasteiger charge is -2.33. The molecule has 7 heteroatoms. The molecule has 0 aliphatic carbocycles. The van der Waals surface area contributed by atoms with Gasteiger partial charge < -0.3 is 9.80 Å². The molecule has 32 heavy (non-hydrogen) atoms. The van der Waals surface area contributed by atoms with Crippen molar-refractivity contribution in [3.63, 3.8) is 0 Å². The van der Waals surface area contributed by atoms with Gasteiger partial charge in [0, 0.05) is 43.4 Å². The van der Waals surface area contributed by atoms with E-state index in [0.717, 1.165) is 47.4 Å². The highest BCUT2D eigenvalue weighted by Crippen LogP contribution is 2.31. The number of benzene rings is 1. The summed E-state index contributed by atoms with van der Waals surface area (Å²) in [5.41, 5.74) is 5.97. The van der Waals surface area contributed by atoms with Crippen molar-refractivity contribution in [2.45, 2.75) is 32.1 Å². The van der Waals surface area contributed by atoms with Crippen LogP contribution in [0, 0.1) is 6.92 Å². The van der Waals surface area contributed by atoms with Crippen molar-refractivity contribution in [3.8, 4) is 0 Å². The van der Waals surface area contributed by atoms with Crippen LogP contribution in [-0.4, -0.2) is 57.8 Å². The van der Waals surface area contributed by atoms with E-state index in [1.165, 1.54) is 0 Å². The number of thiazole rings is 1. The molecule has 1 aromatic carbocycles. The van der Waals surface area contributed by atoms with Crippen LogP contribution in [0.5, 0.6) is 0 Å². The molecule has 0 N–H and O–H groups in total. The SMILES string of the molecule is Cc1ccc(C(=O)N2CC=CCC2)c(C2CCN(C(=O)c3ccc4ncsc4c3)CC2)n1. The molecule has 2 amide bonds. The summed E-state index contributed by atoms with van der Waals surface area (Å²) in [5, 5.41) is 0. The summed E-state index contributed by atoms with van der Waals surface area (Å²) in [6, 6.07) is 9.57. The van der Waals surface area contributed by atoms with Gasteiger partial charge in [0.15, 0.2) is 0 Å². The quantitative estimate of drug-likeness (QED) is 0.559. The molecule has 0 bridgehead atoms. The summed E-state index contributed by atoms with van der Waals surface area (Å²) >= 11 is 1.55. The molecule has 0 radical (unpaired) electrons. The van der Waals surface area contributed by atoms with E-state index >= 15 is 0 Å². The molecule has 6 nitrogen and oxygen atoms in total. The van der Waals surface area contributed by atoms with E-state index in [1.54, 1.807) is 16.8 Å². The average Bonchev–Trinajstić information content (AvgIpc) is 3.32. The second kappa shape index (κ2) is 8.82. The number of hydrogen-bond donors (Lipinski definition) is 0. The van der Waals surface area contributed by atoms with Crippen molar-refractivity contribution in [3.05, 3.63) is 70.5 Å². The zero-order valence-electron chi connectivity index (χ0n) is 18.2. The zero-order valence-corrected chi connectivity index (χ0v) is 19.0. The van der Waals surface area contributed by atoms with E-state index in [9.17, 15) is 9.59 Å². The molecular weight excluding hydrogens is 420 g/mol. The predicted octanol–water partition coefficient (Wildman–Crippen LogP) is 4.42. The van der Waals surface area contributed by atoms with Crippen LogP contribution in [-0.2, 0) is 0 Å². The Hall–Kier alpha value is -3.06. The lowest BCUT2D eigenvalue weighted by Crippen LogP contribution is -2.39. The molecule has 4 heterocycles. The first-order chi connectivity index (χ1) is 15.6. The van der Waals surface area contributed by atoms with Crippen molar-refractivity contribution in [2.75, 3.05) is 26.2 Å². The largest absolute Gasteiger partial charge is 0.339 e. The summed E-state index contributed by atoms with van der Waals surface area (Å²) in [5.74, 6) is 0.308. The average molecular weight is 447 g/mol. The van der Waals surface area contributed by atoms with Crippen molar-refractivity contribution in [1.29, 1.82) is 0 Å².